The van der Waals surface area contributed by atoms with Crippen LogP contribution in [0.1, 0.15) is 29.5 Å². The molecule has 10 heteroatoms. The topological polar surface area (TPSA) is 185 Å². The standard InChI is InChI=1S/C28H25N3O7/c1-31(2)18-10-16(13-5-3-12(11-29)4-6-13)23(33)21-17(18)8-14-7-15-9-19(32)22(27(30)37)26(36)28(15,38)25(35)20(14)24(21)34/h3-6,10,14-15,33-34,36,38H,7-9H2,1-2H3,(H2,30,37)/t14-,15+,28+/m1/s1. The van der Waals surface area contributed by atoms with E-state index >= 15 is 0 Å². The van der Waals surface area contributed by atoms with Crippen LogP contribution in [-0.2, 0) is 20.8 Å². The van der Waals surface area contributed by atoms with Crippen LogP contribution in [0, 0.1) is 23.2 Å². The van der Waals surface area contributed by atoms with E-state index in [2.05, 4.69) is 0 Å². The molecule has 1 amide bonds. The Kier molecular flexibility index (Phi) is 5.58. The molecule has 38 heavy (non-hydrogen) atoms. The highest BCUT2D eigenvalue weighted by Gasteiger charge is 2.60. The average molecular weight is 516 g/mol. The number of aliphatic hydroxyl groups excluding tert-OH is 2. The number of nitrogens with zero attached hydrogens (tertiary/aromatic N) is 2. The van der Waals surface area contributed by atoms with Crippen LogP contribution in [0.5, 0.6) is 5.75 Å². The van der Waals surface area contributed by atoms with E-state index in [1.165, 1.54) is 0 Å². The van der Waals surface area contributed by atoms with Gasteiger partial charge in [-0.2, -0.15) is 5.26 Å². The highest BCUT2D eigenvalue weighted by molar-refractivity contribution is 6.22. The van der Waals surface area contributed by atoms with Crippen LogP contribution in [0.3, 0.4) is 0 Å². The van der Waals surface area contributed by atoms with Crippen molar-refractivity contribution in [2.24, 2.45) is 17.6 Å². The number of nitriles is 1. The van der Waals surface area contributed by atoms with Crippen molar-refractivity contribution in [2.75, 3.05) is 19.0 Å². The van der Waals surface area contributed by atoms with E-state index < -0.39 is 52.0 Å². The molecule has 0 aliphatic heterocycles. The number of carbonyl (C=O) groups is 3. The largest absolute Gasteiger partial charge is 0.508 e. The molecule has 2 aromatic carbocycles. The fourth-order valence-electron chi connectivity index (χ4n) is 6.01. The number of hydrogen-bond acceptors (Lipinski definition) is 9. The Morgan fingerprint density at radius 3 is 2.37 bits per heavy atom. The number of benzene rings is 2. The lowest BCUT2D eigenvalue weighted by Gasteiger charge is -2.46. The summed E-state index contributed by atoms with van der Waals surface area (Å²) >= 11 is 0. The lowest BCUT2D eigenvalue weighted by molar-refractivity contribution is -0.147. The van der Waals surface area contributed by atoms with Gasteiger partial charge in [0.15, 0.2) is 11.4 Å². The van der Waals surface area contributed by atoms with Crippen LogP contribution in [-0.4, -0.2) is 57.6 Å². The number of nitrogens with two attached hydrogens (primary N) is 1. The maximum Gasteiger partial charge on any atom is 0.255 e. The predicted octanol–water partition coefficient (Wildman–Crippen LogP) is 2.03. The molecule has 1 saturated carbocycles. The molecule has 10 nitrogen and oxygen atoms in total. The van der Waals surface area contributed by atoms with Crippen molar-refractivity contribution in [3.05, 3.63) is 63.9 Å². The van der Waals surface area contributed by atoms with Crippen molar-refractivity contribution in [3.8, 4) is 22.9 Å². The minimum atomic E-state index is -2.61. The van der Waals surface area contributed by atoms with Gasteiger partial charge in [0.25, 0.3) is 5.91 Å². The van der Waals surface area contributed by atoms with Crippen LogP contribution in [0.15, 0.2) is 47.2 Å². The molecule has 0 bridgehead atoms. The van der Waals surface area contributed by atoms with Crippen molar-refractivity contribution in [2.45, 2.75) is 24.9 Å². The Bertz CT molecular complexity index is 1550. The first-order valence-corrected chi connectivity index (χ1v) is 12.0. The summed E-state index contributed by atoms with van der Waals surface area (Å²) in [6, 6.07) is 10.3. The van der Waals surface area contributed by atoms with Gasteiger partial charge in [0, 0.05) is 43.3 Å². The lowest BCUT2D eigenvalue weighted by Crippen LogP contribution is -2.58. The van der Waals surface area contributed by atoms with E-state index in [-0.39, 0.29) is 36.1 Å². The Labute approximate surface area is 217 Å². The molecule has 1 fully saturated rings. The smallest absolute Gasteiger partial charge is 0.255 e. The summed E-state index contributed by atoms with van der Waals surface area (Å²) < 4.78 is 0. The molecule has 3 atom stereocenters. The molecule has 0 spiro atoms. The van der Waals surface area contributed by atoms with Crippen molar-refractivity contribution in [3.63, 3.8) is 0 Å². The molecule has 0 heterocycles. The summed E-state index contributed by atoms with van der Waals surface area (Å²) in [7, 11) is 3.59. The van der Waals surface area contributed by atoms with Crippen molar-refractivity contribution in [1.82, 2.24) is 0 Å². The quantitative estimate of drug-likeness (QED) is 0.381. The van der Waals surface area contributed by atoms with E-state index in [0.717, 1.165) is 0 Å². The lowest BCUT2D eigenvalue weighted by atomic mass is 9.59. The number of phenolic OH excluding ortho intramolecular Hbond substituents is 1. The van der Waals surface area contributed by atoms with Crippen LogP contribution >= 0.6 is 0 Å². The zero-order chi connectivity index (χ0) is 27.7. The highest BCUT2D eigenvalue weighted by Crippen LogP contribution is 2.54. The first kappa shape index (κ1) is 25.0. The third-order valence-electron chi connectivity index (χ3n) is 7.85. The van der Waals surface area contributed by atoms with Crippen molar-refractivity contribution < 1.29 is 34.8 Å². The normalized spacial score (nSPS) is 24.4. The zero-order valence-electron chi connectivity index (χ0n) is 20.6. The number of amides is 1. The van der Waals surface area contributed by atoms with Gasteiger partial charge in [0.1, 0.15) is 22.8 Å². The van der Waals surface area contributed by atoms with E-state index in [4.69, 9.17) is 11.0 Å². The molecule has 3 aliphatic rings. The maximum atomic E-state index is 13.7. The van der Waals surface area contributed by atoms with Gasteiger partial charge in [0.05, 0.1) is 17.2 Å². The Morgan fingerprint density at radius 2 is 1.79 bits per heavy atom. The molecule has 0 unspecified atom stereocenters. The van der Waals surface area contributed by atoms with Gasteiger partial charge in [-0.3, -0.25) is 14.4 Å². The SMILES string of the molecule is CN(C)c1cc(-c2ccc(C#N)cc2)c(O)c2c1C[C@H]1C[C@H]3CC(=O)C(C(N)=O)=C(O)[C@@]3(O)C(=O)C1=C2O. The Hall–Kier alpha value is -4.62. The monoisotopic (exact) mass is 515 g/mol. The Balaban J connectivity index is 1.74. The average Bonchev–Trinajstić information content (AvgIpc) is 2.86. The number of aliphatic hydroxyl groups is 3. The van der Waals surface area contributed by atoms with E-state index in [1.807, 2.05) is 11.0 Å². The van der Waals surface area contributed by atoms with Gasteiger partial charge in [-0.25, -0.2) is 0 Å². The molecular formula is C28H25N3O7. The Morgan fingerprint density at radius 1 is 1.13 bits per heavy atom. The van der Waals surface area contributed by atoms with Gasteiger partial charge in [-0.1, -0.05) is 12.1 Å². The number of rotatable bonds is 3. The maximum absolute atomic E-state index is 13.7. The molecule has 0 saturated heterocycles. The predicted molar refractivity (Wildman–Crippen MR) is 136 cm³/mol. The molecule has 0 radical (unpaired) electrons. The second-order valence-electron chi connectivity index (χ2n) is 10.1. The third-order valence-corrected chi connectivity index (χ3v) is 7.85. The first-order valence-electron chi connectivity index (χ1n) is 12.0. The highest BCUT2D eigenvalue weighted by atomic mass is 16.3. The van der Waals surface area contributed by atoms with Gasteiger partial charge >= 0.3 is 0 Å². The molecule has 0 aromatic heterocycles. The summed E-state index contributed by atoms with van der Waals surface area (Å²) in [5, 5.41) is 54.0. The number of hydrogen-bond donors (Lipinski definition) is 5. The number of primary amides is 1. The summed E-state index contributed by atoms with van der Waals surface area (Å²) in [5.41, 5.74) is 4.22. The summed E-state index contributed by atoms with van der Waals surface area (Å²) in [5.74, 6) is -6.65. The number of fused-ring (bicyclic) bond motifs is 3. The van der Waals surface area contributed by atoms with E-state index in [1.54, 1.807) is 44.4 Å². The van der Waals surface area contributed by atoms with Crippen LogP contribution in [0.2, 0.25) is 0 Å². The van der Waals surface area contributed by atoms with Gasteiger partial charge in [-0.05, 0) is 48.1 Å². The zero-order valence-corrected chi connectivity index (χ0v) is 20.6. The van der Waals surface area contributed by atoms with E-state index in [9.17, 15) is 34.8 Å². The molecular weight excluding hydrogens is 490 g/mol. The van der Waals surface area contributed by atoms with Crippen LogP contribution in [0.4, 0.5) is 5.69 Å². The molecule has 194 valence electrons. The van der Waals surface area contributed by atoms with Crippen molar-refractivity contribution >= 4 is 28.9 Å². The fraction of sp³-hybridized carbons (Fsp3) is 0.286. The van der Waals surface area contributed by atoms with E-state index in [0.29, 0.717) is 27.9 Å². The second-order valence-corrected chi connectivity index (χ2v) is 10.1. The summed E-state index contributed by atoms with van der Waals surface area (Å²) in [6.07, 6.45) is -0.0948. The third kappa shape index (κ3) is 3.32. The summed E-state index contributed by atoms with van der Waals surface area (Å²) in [4.78, 5) is 39.9. The summed E-state index contributed by atoms with van der Waals surface area (Å²) in [6.45, 7) is 0. The molecule has 5 rings (SSSR count). The number of ketones is 2. The first-order chi connectivity index (χ1) is 17.9. The number of carbonyl (C=O) groups excluding carboxylic acids is 3. The second kappa shape index (κ2) is 8.46. The number of aromatic hydroxyl groups is 1. The molecule has 3 aliphatic carbocycles. The minimum Gasteiger partial charge on any atom is -0.508 e. The van der Waals surface area contributed by atoms with Crippen LogP contribution in [0.25, 0.3) is 16.9 Å². The van der Waals surface area contributed by atoms with Gasteiger partial charge in [-0.15, -0.1) is 0 Å². The van der Waals surface area contributed by atoms with Gasteiger partial charge in [0.2, 0.25) is 5.78 Å². The fourth-order valence-corrected chi connectivity index (χ4v) is 6.01. The van der Waals surface area contributed by atoms with Gasteiger partial charge < -0.3 is 31.1 Å². The number of anilines is 1. The van der Waals surface area contributed by atoms with Crippen molar-refractivity contribution in [1.29, 1.82) is 5.26 Å². The van der Waals surface area contributed by atoms with Crippen LogP contribution < -0.4 is 10.6 Å². The minimum absolute atomic E-state index is 0.0164. The number of phenols is 1. The molecule has 2 aromatic rings. The molecule has 6 N–H and O–H groups in total. The number of Topliss-reactive ketones (excluding diaryl/α,β-unsaturated/α-hetero) is 2.